The quantitative estimate of drug-likeness (QED) is 0.808. The summed E-state index contributed by atoms with van der Waals surface area (Å²) in [5.41, 5.74) is -0.812. The minimum Gasteiger partial charge on any atom is -0.363 e. The number of nitrogens with zero attached hydrogens (tertiary/aromatic N) is 1. The fourth-order valence-electron chi connectivity index (χ4n) is 1.57. The van der Waals surface area contributed by atoms with E-state index < -0.39 is 11.7 Å². The minimum atomic E-state index is -4.44. The summed E-state index contributed by atoms with van der Waals surface area (Å²) in [6.45, 7) is 1.85. The summed E-state index contributed by atoms with van der Waals surface area (Å²) in [4.78, 5) is 4.87. The van der Waals surface area contributed by atoms with E-state index in [4.69, 9.17) is 11.6 Å². The normalized spacial score (nSPS) is 13.3. The van der Waals surface area contributed by atoms with Gasteiger partial charge in [-0.2, -0.15) is 13.2 Å². The first kappa shape index (κ1) is 14.1. The minimum absolute atomic E-state index is 0.112. The predicted molar refractivity (Wildman–Crippen MR) is 70.6 cm³/mol. The van der Waals surface area contributed by atoms with Gasteiger partial charge in [0.05, 0.1) is 11.6 Å². The summed E-state index contributed by atoms with van der Waals surface area (Å²) in [5.74, 6) is 0.112. The van der Waals surface area contributed by atoms with E-state index in [0.717, 1.165) is 17.0 Å². The molecule has 2 heterocycles. The van der Waals surface area contributed by atoms with E-state index in [9.17, 15) is 13.2 Å². The van der Waals surface area contributed by atoms with Crippen LogP contribution in [0.25, 0.3) is 0 Å². The van der Waals surface area contributed by atoms with Crippen molar-refractivity contribution in [2.75, 3.05) is 5.32 Å². The van der Waals surface area contributed by atoms with Crippen LogP contribution in [0.2, 0.25) is 5.15 Å². The van der Waals surface area contributed by atoms with Crippen molar-refractivity contribution in [3.05, 3.63) is 45.2 Å². The molecule has 0 spiro atoms. The molecule has 0 radical (unpaired) electrons. The second-order valence-corrected chi connectivity index (χ2v) is 5.31. The lowest BCUT2D eigenvalue weighted by atomic mass is 10.2. The molecule has 1 N–H and O–H groups in total. The predicted octanol–water partition coefficient (Wildman–Crippen LogP) is 4.99. The zero-order chi connectivity index (χ0) is 14.0. The van der Waals surface area contributed by atoms with E-state index in [2.05, 4.69) is 10.3 Å². The number of hydrogen-bond donors (Lipinski definition) is 1. The lowest BCUT2D eigenvalue weighted by molar-refractivity contribution is -0.137. The van der Waals surface area contributed by atoms with Crippen LogP contribution in [-0.4, -0.2) is 4.98 Å². The second kappa shape index (κ2) is 5.38. The summed E-state index contributed by atoms with van der Waals surface area (Å²) < 4.78 is 37.9. The van der Waals surface area contributed by atoms with Crippen LogP contribution in [0.1, 0.15) is 23.4 Å². The molecule has 2 nitrogen and oxygen atoms in total. The number of pyridine rings is 1. The van der Waals surface area contributed by atoms with Gasteiger partial charge in [0.25, 0.3) is 0 Å². The molecule has 1 unspecified atom stereocenters. The van der Waals surface area contributed by atoms with E-state index >= 15 is 0 Å². The molecule has 102 valence electrons. The van der Waals surface area contributed by atoms with Crippen LogP contribution < -0.4 is 5.32 Å². The Morgan fingerprint density at radius 1 is 1.37 bits per heavy atom. The molecule has 0 aliphatic rings. The van der Waals surface area contributed by atoms with E-state index in [-0.39, 0.29) is 17.0 Å². The Labute approximate surface area is 117 Å². The molecule has 0 aromatic carbocycles. The van der Waals surface area contributed by atoms with Crippen LogP contribution in [0.3, 0.4) is 0 Å². The molecule has 0 fully saturated rings. The van der Waals surface area contributed by atoms with Gasteiger partial charge in [-0.25, -0.2) is 4.98 Å². The monoisotopic (exact) mass is 306 g/mol. The van der Waals surface area contributed by atoms with Crippen molar-refractivity contribution in [2.45, 2.75) is 19.1 Å². The van der Waals surface area contributed by atoms with Crippen LogP contribution in [0, 0.1) is 0 Å². The summed E-state index contributed by atoms with van der Waals surface area (Å²) in [6.07, 6.45) is -4.44. The highest BCUT2D eigenvalue weighted by Gasteiger charge is 2.31. The van der Waals surface area contributed by atoms with Crippen molar-refractivity contribution in [3.8, 4) is 0 Å². The van der Waals surface area contributed by atoms with Gasteiger partial charge in [-0.1, -0.05) is 17.7 Å². The number of aromatic nitrogens is 1. The Balaban J connectivity index is 2.23. The first-order valence-corrected chi connectivity index (χ1v) is 6.67. The standard InChI is InChI=1S/C12H10ClF3N2S/c1-7(9-3-2-4-19-9)17-11-6-8(12(14,15)16)5-10(13)18-11/h2-7H,1H3,(H,17,18). The van der Waals surface area contributed by atoms with Crippen molar-refractivity contribution in [2.24, 2.45) is 0 Å². The first-order chi connectivity index (χ1) is 8.86. The van der Waals surface area contributed by atoms with Gasteiger partial charge in [-0.05, 0) is 30.5 Å². The van der Waals surface area contributed by atoms with Gasteiger partial charge in [0.2, 0.25) is 0 Å². The van der Waals surface area contributed by atoms with Crippen molar-refractivity contribution in [3.63, 3.8) is 0 Å². The third kappa shape index (κ3) is 3.61. The molecule has 0 saturated carbocycles. The molecule has 0 aliphatic heterocycles. The molecule has 2 rings (SSSR count). The largest absolute Gasteiger partial charge is 0.416 e. The molecule has 0 saturated heterocycles. The van der Waals surface area contributed by atoms with Gasteiger partial charge in [0, 0.05) is 4.88 Å². The Morgan fingerprint density at radius 3 is 2.68 bits per heavy atom. The number of thiophene rings is 1. The van der Waals surface area contributed by atoms with Crippen molar-refractivity contribution < 1.29 is 13.2 Å². The van der Waals surface area contributed by atoms with E-state index in [0.29, 0.717) is 0 Å². The summed E-state index contributed by atoms with van der Waals surface area (Å²) in [7, 11) is 0. The lowest BCUT2D eigenvalue weighted by Crippen LogP contribution is -2.10. The van der Waals surface area contributed by atoms with Crippen LogP contribution in [0.5, 0.6) is 0 Å². The second-order valence-electron chi connectivity index (χ2n) is 3.94. The van der Waals surface area contributed by atoms with Gasteiger partial charge in [-0.3, -0.25) is 0 Å². The van der Waals surface area contributed by atoms with E-state index in [1.54, 1.807) is 0 Å². The van der Waals surface area contributed by atoms with Crippen LogP contribution in [-0.2, 0) is 6.18 Å². The molecular weight excluding hydrogens is 297 g/mol. The zero-order valence-electron chi connectivity index (χ0n) is 9.83. The number of alkyl halides is 3. The van der Waals surface area contributed by atoms with Gasteiger partial charge in [-0.15, -0.1) is 11.3 Å². The van der Waals surface area contributed by atoms with Crippen molar-refractivity contribution in [1.82, 2.24) is 4.98 Å². The number of hydrogen-bond acceptors (Lipinski definition) is 3. The van der Waals surface area contributed by atoms with Gasteiger partial charge < -0.3 is 5.32 Å². The SMILES string of the molecule is CC(Nc1cc(C(F)(F)F)cc(Cl)n1)c1cccs1. The molecule has 7 heteroatoms. The maximum absolute atomic E-state index is 12.6. The molecule has 0 bridgehead atoms. The third-order valence-electron chi connectivity index (χ3n) is 2.46. The highest BCUT2D eigenvalue weighted by molar-refractivity contribution is 7.10. The van der Waals surface area contributed by atoms with Crippen molar-refractivity contribution in [1.29, 1.82) is 0 Å². The molecular formula is C12H10ClF3N2S. The van der Waals surface area contributed by atoms with E-state index in [1.165, 1.54) is 11.3 Å². The summed E-state index contributed by atoms with van der Waals surface area (Å²) in [5, 5.41) is 4.63. The molecule has 1 atom stereocenters. The maximum atomic E-state index is 12.6. The Hall–Kier alpha value is -1.27. The van der Waals surface area contributed by atoms with E-state index in [1.807, 2.05) is 24.4 Å². The number of nitrogens with one attached hydrogen (secondary N) is 1. The fraction of sp³-hybridized carbons (Fsp3) is 0.250. The Bertz CT molecular complexity index is 555. The summed E-state index contributed by atoms with van der Waals surface area (Å²) >= 11 is 7.13. The van der Waals surface area contributed by atoms with Gasteiger partial charge >= 0.3 is 6.18 Å². The Kier molecular flexibility index (Phi) is 4.01. The molecule has 2 aromatic rings. The number of halogens is 4. The zero-order valence-corrected chi connectivity index (χ0v) is 11.4. The molecule has 0 aliphatic carbocycles. The summed E-state index contributed by atoms with van der Waals surface area (Å²) in [6, 6.07) is 5.41. The third-order valence-corrected chi connectivity index (χ3v) is 3.70. The van der Waals surface area contributed by atoms with Gasteiger partial charge in [0.1, 0.15) is 11.0 Å². The van der Waals surface area contributed by atoms with Crippen LogP contribution >= 0.6 is 22.9 Å². The Morgan fingerprint density at radius 2 is 2.11 bits per heavy atom. The molecule has 19 heavy (non-hydrogen) atoms. The highest BCUT2D eigenvalue weighted by atomic mass is 35.5. The van der Waals surface area contributed by atoms with Crippen molar-refractivity contribution >= 4 is 28.8 Å². The number of rotatable bonds is 3. The maximum Gasteiger partial charge on any atom is 0.416 e. The first-order valence-electron chi connectivity index (χ1n) is 5.41. The average Bonchev–Trinajstić information content (AvgIpc) is 2.80. The van der Waals surface area contributed by atoms with Crippen LogP contribution in [0.15, 0.2) is 29.6 Å². The topological polar surface area (TPSA) is 24.9 Å². The van der Waals surface area contributed by atoms with Crippen LogP contribution in [0.4, 0.5) is 19.0 Å². The fourth-order valence-corrected chi connectivity index (χ4v) is 2.51. The molecule has 2 aromatic heterocycles. The van der Waals surface area contributed by atoms with Gasteiger partial charge in [0.15, 0.2) is 0 Å². The number of anilines is 1. The lowest BCUT2D eigenvalue weighted by Gasteiger charge is -2.15. The molecule has 0 amide bonds. The highest BCUT2D eigenvalue weighted by Crippen LogP contribution is 2.33. The smallest absolute Gasteiger partial charge is 0.363 e. The average molecular weight is 307 g/mol.